The third kappa shape index (κ3) is 2.01. The van der Waals surface area contributed by atoms with Crippen LogP contribution in [0.2, 0.25) is 5.02 Å². The summed E-state index contributed by atoms with van der Waals surface area (Å²) in [5, 5.41) is 13.9. The lowest BCUT2D eigenvalue weighted by Crippen LogP contribution is -2.39. The average Bonchev–Trinajstić information content (AvgIpc) is 2.44. The summed E-state index contributed by atoms with van der Waals surface area (Å²) in [6.45, 7) is 1.87. The lowest BCUT2D eigenvalue weighted by Gasteiger charge is -2.28. The Morgan fingerprint density at radius 2 is 1.79 bits per heavy atom. The first-order valence-corrected chi connectivity index (χ1v) is 6.42. The van der Waals surface area contributed by atoms with E-state index in [9.17, 15) is 5.21 Å². The van der Waals surface area contributed by atoms with Crippen LogP contribution in [0.25, 0.3) is 5.70 Å². The van der Waals surface area contributed by atoms with Crippen molar-refractivity contribution in [3.05, 3.63) is 69.7 Å². The number of fused-ring (bicyclic) bond motifs is 1. The Bertz CT molecular complexity index is 742. The van der Waals surface area contributed by atoms with Crippen molar-refractivity contribution in [3.8, 4) is 0 Å². The Kier molecular flexibility index (Phi) is 3.01. The van der Waals surface area contributed by atoms with Crippen LogP contribution in [0.1, 0.15) is 18.7 Å². The molecule has 1 heterocycles. The largest absolute Gasteiger partial charge is 0.286 e. The molecule has 1 atom stereocenters. The summed E-state index contributed by atoms with van der Waals surface area (Å²) in [5.41, 5.74) is 1.57. The summed E-state index contributed by atoms with van der Waals surface area (Å²) in [6.07, 6.45) is -0.497. The summed E-state index contributed by atoms with van der Waals surface area (Å²) in [7, 11) is 0. The Labute approximate surface area is 116 Å². The fourth-order valence-corrected chi connectivity index (χ4v) is 2.50. The highest BCUT2D eigenvalue weighted by atomic mass is 35.5. The molecule has 0 amide bonds. The zero-order valence-corrected chi connectivity index (χ0v) is 11.2. The van der Waals surface area contributed by atoms with Crippen LogP contribution in [0.4, 0.5) is 0 Å². The van der Waals surface area contributed by atoms with Crippen molar-refractivity contribution in [2.24, 2.45) is 4.99 Å². The molecule has 96 valence electrons. The highest BCUT2D eigenvalue weighted by Gasteiger charge is 2.23. The maximum absolute atomic E-state index is 10.3. The highest BCUT2D eigenvalue weighted by Crippen LogP contribution is 2.30. The molecule has 0 saturated carbocycles. The first-order chi connectivity index (χ1) is 9.18. The number of nitrogens with zero attached hydrogens (tertiary/aromatic N) is 2. The van der Waals surface area contributed by atoms with Crippen molar-refractivity contribution < 1.29 is 5.21 Å². The molecule has 3 nitrogen and oxygen atoms in total. The van der Waals surface area contributed by atoms with Crippen LogP contribution in [-0.2, 0) is 0 Å². The molecule has 0 radical (unpaired) electrons. The predicted octanol–water partition coefficient (Wildman–Crippen LogP) is 2.49. The molecule has 3 rings (SSSR count). The van der Waals surface area contributed by atoms with Crippen LogP contribution in [-0.4, -0.2) is 10.3 Å². The lowest BCUT2D eigenvalue weighted by atomic mass is 10.1. The van der Waals surface area contributed by atoms with Crippen LogP contribution >= 0.6 is 11.6 Å². The molecule has 2 aromatic carbocycles. The fourth-order valence-electron chi connectivity index (χ4n) is 2.27. The van der Waals surface area contributed by atoms with E-state index in [0.29, 0.717) is 5.02 Å². The molecular formula is C15H13ClN2O. The topological polar surface area (TPSA) is 35.8 Å². The van der Waals surface area contributed by atoms with Gasteiger partial charge in [-0.25, -0.2) is 5.06 Å². The van der Waals surface area contributed by atoms with Crippen LogP contribution in [0.3, 0.4) is 0 Å². The second kappa shape index (κ2) is 4.68. The molecular weight excluding hydrogens is 260 g/mol. The lowest BCUT2D eigenvalue weighted by molar-refractivity contribution is -0.0706. The zero-order valence-electron chi connectivity index (χ0n) is 10.4. The number of benzene rings is 2. The summed E-state index contributed by atoms with van der Waals surface area (Å²) in [4.78, 5) is 4.58. The Morgan fingerprint density at radius 3 is 2.58 bits per heavy atom. The van der Waals surface area contributed by atoms with Gasteiger partial charge in [-0.1, -0.05) is 48.0 Å². The molecule has 0 fully saturated rings. The van der Waals surface area contributed by atoms with Gasteiger partial charge in [-0.3, -0.25) is 10.2 Å². The van der Waals surface area contributed by atoms with Crippen molar-refractivity contribution in [1.82, 2.24) is 5.06 Å². The molecule has 1 unspecified atom stereocenters. The van der Waals surface area contributed by atoms with E-state index in [-0.39, 0.29) is 0 Å². The average molecular weight is 273 g/mol. The van der Waals surface area contributed by atoms with Gasteiger partial charge in [0.15, 0.2) is 6.17 Å². The Balaban J connectivity index is 2.23. The summed E-state index contributed by atoms with van der Waals surface area (Å²) >= 11 is 6.19. The molecule has 0 aliphatic carbocycles. The Hall–Kier alpha value is -1.84. The number of hydrogen-bond donors (Lipinski definition) is 1. The van der Waals surface area contributed by atoms with E-state index in [2.05, 4.69) is 4.99 Å². The van der Waals surface area contributed by atoms with Crippen molar-refractivity contribution >= 4 is 17.3 Å². The molecule has 0 bridgehead atoms. The number of rotatable bonds is 1. The first-order valence-electron chi connectivity index (χ1n) is 6.05. The van der Waals surface area contributed by atoms with Crippen molar-refractivity contribution in [1.29, 1.82) is 0 Å². The Morgan fingerprint density at radius 1 is 1.11 bits per heavy atom. The monoisotopic (exact) mass is 272 g/mol. The van der Waals surface area contributed by atoms with Gasteiger partial charge in [0.05, 0.1) is 11.1 Å². The minimum atomic E-state index is -0.497. The van der Waals surface area contributed by atoms with Gasteiger partial charge in [0.2, 0.25) is 0 Å². The smallest absolute Gasteiger partial charge is 0.172 e. The molecule has 1 aliphatic heterocycles. The van der Waals surface area contributed by atoms with Crippen LogP contribution in [0, 0.1) is 0 Å². The first kappa shape index (κ1) is 12.2. The predicted molar refractivity (Wildman–Crippen MR) is 74.1 cm³/mol. The maximum atomic E-state index is 10.3. The number of hydroxylamine groups is 2. The number of hydrogen-bond acceptors (Lipinski definition) is 3. The molecule has 1 aliphatic rings. The van der Waals surface area contributed by atoms with Gasteiger partial charge in [-0.05, 0) is 19.1 Å². The van der Waals surface area contributed by atoms with Crippen molar-refractivity contribution in [2.75, 3.05) is 0 Å². The maximum Gasteiger partial charge on any atom is 0.172 e. The van der Waals surface area contributed by atoms with Gasteiger partial charge >= 0.3 is 0 Å². The quantitative estimate of drug-likeness (QED) is 0.866. The number of para-hydroxylation sites is 1. The molecule has 2 aromatic rings. The van der Waals surface area contributed by atoms with Crippen LogP contribution in [0.15, 0.2) is 53.5 Å². The van der Waals surface area contributed by atoms with Gasteiger partial charge in [0.25, 0.3) is 0 Å². The fraction of sp³-hybridized carbons (Fsp3) is 0.133. The summed E-state index contributed by atoms with van der Waals surface area (Å²) in [6, 6.07) is 15.2. The van der Waals surface area contributed by atoms with Gasteiger partial charge in [-0.2, -0.15) is 0 Å². The summed E-state index contributed by atoms with van der Waals surface area (Å²) < 4.78 is 0. The van der Waals surface area contributed by atoms with Crippen LogP contribution in [0.5, 0.6) is 0 Å². The van der Waals surface area contributed by atoms with E-state index in [1.807, 2.05) is 49.4 Å². The third-order valence-electron chi connectivity index (χ3n) is 3.31. The SMILES string of the molecule is CC1=c2ccccc2=NC(c2ccccc2Cl)N1O. The molecule has 0 spiro atoms. The van der Waals surface area contributed by atoms with E-state index in [1.165, 1.54) is 5.06 Å². The second-order valence-electron chi connectivity index (χ2n) is 4.47. The van der Waals surface area contributed by atoms with E-state index in [0.717, 1.165) is 21.8 Å². The van der Waals surface area contributed by atoms with Gasteiger partial charge in [0, 0.05) is 15.8 Å². The second-order valence-corrected chi connectivity index (χ2v) is 4.88. The third-order valence-corrected chi connectivity index (χ3v) is 3.66. The normalized spacial score (nSPS) is 17.9. The van der Waals surface area contributed by atoms with Crippen molar-refractivity contribution in [2.45, 2.75) is 13.1 Å². The minimum absolute atomic E-state index is 0.497. The standard InChI is InChI=1S/C15H13ClN2O/c1-10-11-6-3-5-9-14(11)17-15(18(10)19)12-7-2-4-8-13(12)16/h2-9,15,19H,1H3. The van der Waals surface area contributed by atoms with Gasteiger partial charge < -0.3 is 0 Å². The minimum Gasteiger partial charge on any atom is -0.286 e. The highest BCUT2D eigenvalue weighted by molar-refractivity contribution is 6.31. The van der Waals surface area contributed by atoms with E-state index in [4.69, 9.17) is 11.6 Å². The van der Waals surface area contributed by atoms with E-state index >= 15 is 0 Å². The van der Waals surface area contributed by atoms with Crippen LogP contribution < -0.4 is 10.6 Å². The molecule has 1 N–H and O–H groups in total. The molecule has 4 heteroatoms. The molecule has 0 aromatic heterocycles. The molecule has 0 saturated heterocycles. The van der Waals surface area contributed by atoms with E-state index < -0.39 is 6.17 Å². The van der Waals surface area contributed by atoms with Gasteiger partial charge in [-0.15, -0.1) is 0 Å². The number of halogens is 1. The van der Waals surface area contributed by atoms with E-state index in [1.54, 1.807) is 6.07 Å². The zero-order chi connectivity index (χ0) is 13.4. The summed E-state index contributed by atoms with van der Waals surface area (Å²) in [5.74, 6) is 0. The van der Waals surface area contributed by atoms with Gasteiger partial charge in [0.1, 0.15) is 0 Å². The van der Waals surface area contributed by atoms with Crippen molar-refractivity contribution in [3.63, 3.8) is 0 Å². The molecule has 19 heavy (non-hydrogen) atoms.